The normalized spacial score (nSPS) is 35.0. The van der Waals surface area contributed by atoms with Crippen molar-refractivity contribution in [1.29, 1.82) is 0 Å². The molecule has 0 saturated heterocycles. The van der Waals surface area contributed by atoms with Crippen molar-refractivity contribution in [1.82, 2.24) is 4.90 Å². The van der Waals surface area contributed by atoms with Crippen LogP contribution in [0.15, 0.2) is 17.6 Å². The molecule has 4 heteroatoms. The quantitative estimate of drug-likeness (QED) is 0.499. The van der Waals surface area contributed by atoms with Crippen LogP contribution in [0.2, 0.25) is 0 Å². The maximum Gasteiger partial charge on any atom is 0.362 e. The first-order valence-electron chi connectivity index (χ1n) is 3.09. The van der Waals surface area contributed by atoms with E-state index in [4.69, 9.17) is 9.57 Å². The molecule has 0 saturated carbocycles. The molecule has 0 amide bonds. The van der Waals surface area contributed by atoms with Gasteiger partial charge in [0, 0.05) is 13.1 Å². The van der Waals surface area contributed by atoms with Gasteiger partial charge in [-0.05, 0) is 6.92 Å². The molecule has 2 rings (SSSR count). The fraction of sp³-hybridized carbons (Fsp3) is 0.500. The average molecular weight is 140 g/mol. The zero-order valence-corrected chi connectivity index (χ0v) is 5.87. The third kappa shape index (κ3) is 0.483. The van der Waals surface area contributed by atoms with E-state index in [0.717, 1.165) is 5.84 Å². The molecule has 10 heavy (non-hydrogen) atoms. The van der Waals surface area contributed by atoms with Gasteiger partial charge in [-0.2, -0.15) is 0 Å². The molecule has 0 aromatic carbocycles. The number of hydrogen-bond donors (Lipinski definition) is 0. The summed E-state index contributed by atoms with van der Waals surface area (Å²) in [7, 11) is 0. The van der Waals surface area contributed by atoms with Gasteiger partial charge in [-0.1, -0.05) is 5.16 Å². The lowest BCUT2D eigenvalue weighted by Gasteiger charge is -2.22. The van der Waals surface area contributed by atoms with Gasteiger partial charge in [-0.3, -0.25) is 4.90 Å². The highest BCUT2D eigenvalue weighted by Gasteiger charge is 2.43. The molecule has 0 aromatic rings. The van der Waals surface area contributed by atoms with Crippen molar-refractivity contribution in [2.45, 2.75) is 19.8 Å². The van der Waals surface area contributed by atoms with Gasteiger partial charge < -0.3 is 9.57 Å². The summed E-state index contributed by atoms with van der Waals surface area (Å²) in [5.74, 6) is 0.112. The van der Waals surface area contributed by atoms with E-state index in [1.165, 1.54) is 0 Å². The van der Waals surface area contributed by atoms with Gasteiger partial charge in [0.05, 0.1) is 0 Å². The third-order valence-electron chi connectivity index (χ3n) is 1.63. The topological polar surface area (TPSA) is 34.1 Å². The summed E-state index contributed by atoms with van der Waals surface area (Å²) in [6, 6.07) is 0. The molecule has 0 fully saturated rings. The average Bonchev–Trinajstić information content (AvgIpc) is 2.35. The number of oxime groups is 1. The molecule has 2 aliphatic heterocycles. The SMILES string of the molecule is CC1=NOC2(C)OC=CN12. The van der Waals surface area contributed by atoms with Crippen molar-refractivity contribution in [3.63, 3.8) is 0 Å². The van der Waals surface area contributed by atoms with Gasteiger partial charge in [0.2, 0.25) is 0 Å². The molecule has 54 valence electrons. The second kappa shape index (κ2) is 1.45. The summed E-state index contributed by atoms with van der Waals surface area (Å²) in [4.78, 5) is 6.83. The minimum atomic E-state index is -0.704. The fourth-order valence-corrected chi connectivity index (χ4v) is 1.07. The molecule has 0 N–H and O–H groups in total. The third-order valence-corrected chi connectivity index (χ3v) is 1.63. The van der Waals surface area contributed by atoms with Crippen LogP contribution in [0.25, 0.3) is 0 Å². The van der Waals surface area contributed by atoms with Crippen LogP contribution in [0.5, 0.6) is 0 Å². The van der Waals surface area contributed by atoms with Gasteiger partial charge in [-0.15, -0.1) is 0 Å². The van der Waals surface area contributed by atoms with Crippen molar-refractivity contribution >= 4 is 5.84 Å². The predicted molar refractivity (Wildman–Crippen MR) is 34.7 cm³/mol. The van der Waals surface area contributed by atoms with Crippen LogP contribution >= 0.6 is 0 Å². The first-order chi connectivity index (χ1) is 4.72. The van der Waals surface area contributed by atoms with E-state index < -0.39 is 5.91 Å². The maximum absolute atomic E-state index is 5.14. The molecule has 1 atom stereocenters. The first-order valence-corrected chi connectivity index (χ1v) is 3.09. The Morgan fingerprint density at radius 2 is 2.50 bits per heavy atom. The first kappa shape index (κ1) is 5.58. The number of rotatable bonds is 0. The second-order valence-corrected chi connectivity index (χ2v) is 2.40. The Balaban J connectivity index is 2.33. The van der Waals surface area contributed by atoms with Crippen molar-refractivity contribution in [3.8, 4) is 0 Å². The highest BCUT2D eigenvalue weighted by molar-refractivity contribution is 5.81. The van der Waals surface area contributed by atoms with Gasteiger partial charge in [-0.25, -0.2) is 0 Å². The Morgan fingerprint density at radius 1 is 1.70 bits per heavy atom. The Bertz CT molecular complexity index is 224. The fourth-order valence-electron chi connectivity index (χ4n) is 1.07. The van der Waals surface area contributed by atoms with E-state index in [1.54, 1.807) is 12.5 Å². The van der Waals surface area contributed by atoms with Crippen LogP contribution in [-0.2, 0) is 9.57 Å². The lowest BCUT2D eigenvalue weighted by atomic mass is 10.4. The van der Waals surface area contributed by atoms with E-state index in [9.17, 15) is 0 Å². The largest absolute Gasteiger partial charge is 0.440 e. The van der Waals surface area contributed by atoms with Crippen molar-refractivity contribution in [2.75, 3.05) is 0 Å². The minimum Gasteiger partial charge on any atom is -0.440 e. The number of nitrogens with zero attached hydrogens (tertiary/aromatic N) is 2. The van der Waals surface area contributed by atoms with Crippen molar-refractivity contribution in [3.05, 3.63) is 12.5 Å². The van der Waals surface area contributed by atoms with Crippen LogP contribution in [0.1, 0.15) is 13.8 Å². The molecule has 0 bridgehead atoms. The number of fused-ring (bicyclic) bond motifs is 1. The monoisotopic (exact) mass is 140 g/mol. The maximum atomic E-state index is 5.14. The number of ether oxygens (including phenoxy) is 1. The molecular formula is C6H8N2O2. The Morgan fingerprint density at radius 3 is 3.20 bits per heavy atom. The summed E-state index contributed by atoms with van der Waals surface area (Å²) < 4.78 is 5.14. The van der Waals surface area contributed by atoms with Gasteiger partial charge in [0.15, 0.2) is 5.84 Å². The molecule has 1 unspecified atom stereocenters. The van der Waals surface area contributed by atoms with Crippen LogP contribution in [0.3, 0.4) is 0 Å². The number of hydrogen-bond acceptors (Lipinski definition) is 4. The molecule has 0 radical (unpaired) electrons. The molecule has 0 spiro atoms. The van der Waals surface area contributed by atoms with Crippen molar-refractivity contribution in [2.24, 2.45) is 5.16 Å². The van der Waals surface area contributed by atoms with Crippen LogP contribution < -0.4 is 0 Å². The molecule has 2 heterocycles. The molecular weight excluding hydrogens is 132 g/mol. The van der Waals surface area contributed by atoms with Gasteiger partial charge >= 0.3 is 5.91 Å². The zero-order valence-electron chi connectivity index (χ0n) is 5.87. The number of amidine groups is 1. The van der Waals surface area contributed by atoms with E-state index >= 15 is 0 Å². The highest BCUT2D eigenvalue weighted by atomic mass is 16.8. The van der Waals surface area contributed by atoms with E-state index in [2.05, 4.69) is 5.16 Å². The summed E-state index contributed by atoms with van der Waals surface area (Å²) in [5, 5.41) is 3.76. The molecule has 2 aliphatic rings. The smallest absolute Gasteiger partial charge is 0.362 e. The standard InChI is InChI=1S/C6H8N2O2/c1-5-7-10-6(2)8(5)3-4-9-6/h3-4H,1-2H3. The summed E-state index contributed by atoms with van der Waals surface area (Å²) in [6.45, 7) is 3.68. The van der Waals surface area contributed by atoms with Gasteiger partial charge in [0.1, 0.15) is 6.26 Å². The molecule has 4 nitrogen and oxygen atoms in total. The zero-order chi connectivity index (χ0) is 7.19. The van der Waals surface area contributed by atoms with E-state index in [-0.39, 0.29) is 0 Å². The Kier molecular flexibility index (Phi) is 0.809. The molecule has 0 aromatic heterocycles. The van der Waals surface area contributed by atoms with Crippen LogP contribution in [0, 0.1) is 0 Å². The Hall–Kier alpha value is -1.19. The summed E-state index contributed by atoms with van der Waals surface area (Å²) in [5.41, 5.74) is 0. The second-order valence-electron chi connectivity index (χ2n) is 2.40. The van der Waals surface area contributed by atoms with Gasteiger partial charge in [0.25, 0.3) is 0 Å². The lowest BCUT2D eigenvalue weighted by molar-refractivity contribution is -0.216. The lowest BCUT2D eigenvalue weighted by Crippen LogP contribution is -2.39. The Labute approximate surface area is 58.7 Å². The highest BCUT2D eigenvalue weighted by Crippen LogP contribution is 2.30. The van der Waals surface area contributed by atoms with E-state index in [1.807, 2.05) is 18.7 Å². The summed E-state index contributed by atoms with van der Waals surface area (Å²) >= 11 is 0. The molecule has 0 aliphatic carbocycles. The predicted octanol–water partition coefficient (Wildman–Crippen LogP) is 0.827. The van der Waals surface area contributed by atoms with Crippen LogP contribution in [-0.4, -0.2) is 16.6 Å². The minimum absolute atomic E-state index is 0.704. The van der Waals surface area contributed by atoms with Crippen LogP contribution in [0.4, 0.5) is 0 Å². The summed E-state index contributed by atoms with van der Waals surface area (Å²) in [6.07, 6.45) is 3.39. The van der Waals surface area contributed by atoms with Crippen molar-refractivity contribution < 1.29 is 9.57 Å². The van der Waals surface area contributed by atoms with E-state index in [0.29, 0.717) is 0 Å².